The first-order chi connectivity index (χ1) is 6.84. The number of ether oxygens (including phenoxy) is 1. The van der Waals surface area contributed by atoms with Crippen molar-refractivity contribution in [2.75, 3.05) is 39.3 Å². The Morgan fingerprint density at radius 2 is 1.93 bits per heavy atom. The zero-order valence-corrected chi connectivity index (χ0v) is 10.8. The van der Waals surface area contributed by atoms with Gasteiger partial charge in [-0.1, -0.05) is 0 Å². The number of hydrogen-bond donors (Lipinski definition) is 0. The summed E-state index contributed by atoms with van der Waals surface area (Å²) in [6.45, 7) is 6.97. The SMILES string of the molecule is IN1CCN(CC2CCCCO2)CC1. The summed E-state index contributed by atoms with van der Waals surface area (Å²) >= 11 is 2.41. The lowest BCUT2D eigenvalue weighted by Crippen LogP contribution is -2.46. The summed E-state index contributed by atoms with van der Waals surface area (Å²) in [4.78, 5) is 2.55. The Bertz CT molecular complexity index is 166. The Kier molecular flexibility index (Phi) is 4.46. The van der Waals surface area contributed by atoms with Gasteiger partial charge in [0.15, 0.2) is 0 Å². The highest BCUT2D eigenvalue weighted by Crippen LogP contribution is 2.15. The van der Waals surface area contributed by atoms with Crippen LogP contribution in [0.1, 0.15) is 19.3 Å². The maximum absolute atomic E-state index is 5.75. The first kappa shape index (κ1) is 11.1. The number of piperazine rings is 1. The average Bonchev–Trinajstić information content (AvgIpc) is 2.23. The van der Waals surface area contributed by atoms with E-state index in [1.807, 2.05) is 0 Å². The van der Waals surface area contributed by atoms with Gasteiger partial charge in [-0.25, -0.2) is 3.11 Å². The number of rotatable bonds is 2. The third-order valence-electron chi connectivity index (χ3n) is 3.05. The highest BCUT2D eigenvalue weighted by atomic mass is 127. The van der Waals surface area contributed by atoms with Crippen LogP contribution in [0.5, 0.6) is 0 Å². The highest BCUT2D eigenvalue weighted by molar-refractivity contribution is 14.1. The van der Waals surface area contributed by atoms with Gasteiger partial charge in [-0.05, 0) is 19.3 Å². The number of nitrogens with zero attached hydrogens (tertiary/aromatic N) is 2. The Morgan fingerprint density at radius 1 is 1.14 bits per heavy atom. The van der Waals surface area contributed by atoms with Crippen LogP contribution in [0.2, 0.25) is 0 Å². The number of halogens is 1. The smallest absolute Gasteiger partial charge is 0.0702 e. The fourth-order valence-corrected chi connectivity index (χ4v) is 2.58. The molecule has 82 valence electrons. The zero-order chi connectivity index (χ0) is 9.80. The maximum atomic E-state index is 5.75. The Balaban J connectivity index is 1.68. The van der Waals surface area contributed by atoms with Crippen LogP contribution in [-0.2, 0) is 4.74 Å². The van der Waals surface area contributed by atoms with Crippen molar-refractivity contribution in [3.8, 4) is 0 Å². The standard InChI is InChI=1S/C10H19IN2O/c11-13-6-4-12(5-7-13)9-10-3-1-2-8-14-10/h10H,1-9H2. The molecule has 2 fully saturated rings. The van der Waals surface area contributed by atoms with Crippen LogP contribution in [0.15, 0.2) is 0 Å². The highest BCUT2D eigenvalue weighted by Gasteiger charge is 2.20. The lowest BCUT2D eigenvalue weighted by Gasteiger charge is -2.34. The van der Waals surface area contributed by atoms with Gasteiger partial charge in [-0.15, -0.1) is 0 Å². The lowest BCUT2D eigenvalue weighted by molar-refractivity contribution is -0.00940. The van der Waals surface area contributed by atoms with Crippen LogP contribution in [0.3, 0.4) is 0 Å². The molecule has 0 aromatic rings. The molecular formula is C10H19IN2O. The Morgan fingerprint density at radius 3 is 2.57 bits per heavy atom. The van der Waals surface area contributed by atoms with E-state index < -0.39 is 0 Å². The van der Waals surface area contributed by atoms with Gasteiger partial charge in [0.25, 0.3) is 0 Å². The fourth-order valence-electron chi connectivity index (χ4n) is 2.15. The predicted molar refractivity (Wildman–Crippen MR) is 65.6 cm³/mol. The first-order valence-corrected chi connectivity index (χ1v) is 6.56. The quantitative estimate of drug-likeness (QED) is 0.568. The summed E-state index contributed by atoms with van der Waals surface area (Å²) in [5.41, 5.74) is 0. The molecular weight excluding hydrogens is 291 g/mol. The molecule has 2 aliphatic heterocycles. The van der Waals surface area contributed by atoms with Gasteiger partial charge in [0.2, 0.25) is 0 Å². The average molecular weight is 310 g/mol. The van der Waals surface area contributed by atoms with Crippen LogP contribution in [0.25, 0.3) is 0 Å². The van der Waals surface area contributed by atoms with Gasteiger partial charge in [0.1, 0.15) is 0 Å². The van der Waals surface area contributed by atoms with Crippen molar-refractivity contribution in [3.05, 3.63) is 0 Å². The van der Waals surface area contributed by atoms with E-state index in [0.29, 0.717) is 6.10 Å². The first-order valence-electron chi connectivity index (χ1n) is 5.59. The molecule has 1 unspecified atom stereocenters. The van der Waals surface area contributed by atoms with Crippen LogP contribution in [-0.4, -0.2) is 53.4 Å². The lowest BCUT2D eigenvalue weighted by atomic mass is 10.1. The molecule has 0 amide bonds. The monoisotopic (exact) mass is 310 g/mol. The maximum Gasteiger partial charge on any atom is 0.0702 e. The van der Waals surface area contributed by atoms with Crippen molar-refractivity contribution in [3.63, 3.8) is 0 Å². The van der Waals surface area contributed by atoms with Crippen LogP contribution >= 0.6 is 22.9 Å². The molecule has 2 rings (SSSR count). The topological polar surface area (TPSA) is 15.7 Å². The number of hydrogen-bond acceptors (Lipinski definition) is 3. The van der Waals surface area contributed by atoms with E-state index in [-0.39, 0.29) is 0 Å². The molecule has 2 heterocycles. The van der Waals surface area contributed by atoms with Crippen LogP contribution < -0.4 is 0 Å². The fraction of sp³-hybridized carbons (Fsp3) is 1.00. The molecule has 1 atom stereocenters. The summed E-state index contributed by atoms with van der Waals surface area (Å²) in [5.74, 6) is 0. The predicted octanol–water partition coefficient (Wildman–Crippen LogP) is 1.52. The van der Waals surface area contributed by atoms with Gasteiger partial charge in [0.05, 0.1) is 6.10 Å². The van der Waals surface area contributed by atoms with Gasteiger partial charge in [-0.2, -0.15) is 0 Å². The Hall–Kier alpha value is 0.610. The van der Waals surface area contributed by atoms with Crippen molar-refractivity contribution >= 4 is 22.9 Å². The van der Waals surface area contributed by atoms with E-state index in [1.165, 1.54) is 45.4 Å². The largest absolute Gasteiger partial charge is 0.377 e. The molecule has 3 nitrogen and oxygen atoms in total. The summed E-state index contributed by atoms with van der Waals surface area (Å²) in [7, 11) is 0. The van der Waals surface area contributed by atoms with Gasteiger partial charge >= 0.3 is 0 Å². The molecule has 2 aliphatic rings. The molecule has 14 heavy (non-hydrogen) atoms. The van der Waals surface area contributed by atoms with Crippen LogP contribution in [0, 0.1) is 0 Å². The van der Waals surface area contributed by atoms with Crippen molar-refractivity contribution in [2.45, 2.75) is 25.4 Å². The summed E-state index contributed by atoms with van der Waals surface area (Å²) in [5, 5.41) is 0. The van der Waals surface area contributed by atoms with E-state index in [2.05, 4.69) is 30.9 Å². The van der Waals surface area contributed by atoms with Gasteiger partial charge in [-0.3, -0.25) is 4.90 Å². The molecule has 0 bridgehead atoms. The normalized spacial score (nSPS) is 31.9. The van der Waals surface area contributed by atoms with E-state index in [9.17, 15) is 0 Å². The van der Waals surface area contributed by atoms with Crippen molar-refractivity contribution < 1.29 is 4.74 Å². The van der Waals surface area contributed by atoms with Crippen molar-refractivity contribution in [2.24, 2.45) is 0 Å². The second-order valence-corrected chi connectivity index (χ2v) is 5.56. The summed E-state index contributed by atoms with van der Waals surface area (Å²) < 4.78 is 8.12. The minimum Gasteiger partial charge on any atom is -0.377 e. The van der Waals surface area contributed by atoms with Gasteiger partial charge in [0, 0.05) is 62.2 Å². The van der Waals surface area contributed by atoms with E-state index in [1.54, 1.807) is 0 Å². The van der Waals surface area contributed by atoms with Crippen molar-refractivity contribution in [1.82, 2.24) is 8.01 Å². The minimum absolute atomic E-state index is 0.518. The van der Waals surface area contributed by atoms with Crippen molar-refractivity contribution in [1.29, 1.82) is 0 Å². The molecule has 0 aromatic heterocycles. The van der Waals surface area contributed by atoms with E-state index in [4.69, 9.17) is 4.74 Å². The van der Waals surface area contributed by atoms with E-state index in [0.717, 1.165) is 13.2 Å². The molecule has 0 saturated carbocycles. The molecule has 0 spiro atoms. The van der Waals surface area contributed by atoms with Gasteiger partial charge < -0.3 is 4.74 Å². The molecule has 4 heteroatoms. The minimum atomic E-state index is 0.518. The molecule has 2 saturated heterocycles. The molecule has 0 aromatic carbocycles. The molecule has 0 aliphatic carbocycles. The molecule has 0 N–H and O–H groups in total. The second kappa shape index (κ2) is 5.63. The Labute approximate surface area is 100 Å². The third kappa shape index (κ3) is 3.32. The summed E-state index contributed by atoms with van der Waals surface area (Å²) in [6.07, 6.45) is 4.41. The second-order valence-electron chi connectivity index (χ2n) is 4.20. The molecule has 0 radical (unpaired) electrons. The zero-order valence-electron chi connectivity index (χ0n) is 8.62. The van der Waals surface area contributed by atoms with E-state index >= 15 is 0 Å². The summed E-state index contributed by atoms with van der Waals surface area (Å²) in [6, 6.07) is 0. The van der Waals surface area contributed by atoms with Crippen LogP contribution in [0.4, 0.5) is 0 Å². The third-order valence-corrected chi connectivity index (χ3v) is 4.02.